The molecule has 2 heteroatoms. The highest BCUT2D eigenvalue weighted by atomic mass is 16.5. The molecular weight excluding hydrogens is 356 g/mol. The van der Waals surface area contributed by atoms with Crippen molar-refractivity contribution in [1.82, 2.24) is 0 Å². The highest BCUT2D eigenvalue weighted by molar-refractivity contribution is 5.45. The normalized spacial score (nSPS) is 18.6. The lowest BCUT2D eigenvalue weighted by Crippen LogP contribution is -2.20. The summed E-state index contributed by atoms with van der Waals surface area (Å²) in [5.41, 5.74) is 2.00. The Bertz CT molecular complexity index is 772. The quantitative estimate of drug-likeness (QED) is 0.458. The van der Waals surface area contributed by atoms with Crippen molar-refractivity contribution in [2.45, 2.75) is 58.8 Å². The zero-order valence-corrected chi connectivity index (χ0v) is 18.0. The topological polar surface area (TPSA) is 18.5 Å². The Balaban J connectivity index is 1.45. The van der Waals surface area contributed by atoms with E-state index in [1.807, 2.05) is 48.5 Å². The van der Waals surface area contributed by atoms with Crippen LogP contribution in [0.25, 0.3) is 0 Å². The van der Waals surface area contributed by atoms with Gasteiger partial charge < -0.3 is 9.47 Å². The largest absolute Gasteiger partial charge is 0.494 e. The third-order valence-electron chi connectivity index (χ3n) is 5.68. The van der Waals surface area contributed by atoms with Crippen LogP contribution in [-0.2, 0) is 0 Å². The number of benzene rings is 2. The molecule has 0 amide bonds. The molecule has 1 aliphatic rings. The number of hydrogen-bond donors (Lipinski definition) is 0. The Morgan fingerprint density at radius 3 is 1.72 bits per heavy atom. The Kier molecular flexibility index (Phi) is 8.50. The SMILES string of the molecule is CCCOc1ccc(C#Cc2ccc(OC[C@H]3CC[C@H](CCC)CC3)cc2)cc1. The van der Waals surface area contributed by atoms with Crippen LogP contribution in [0.4, 0.5) is 0 Å². The van der Waals surface area contributed by atoms with E-state index >= 15 is 0 Å². The van der Waals surface area contributed by atoms with Gasteiger partial charge in [0.15, 0.2) is 0 Å². The van der Waals surface area contributed by atoms with E-state index in [1.54, 1.807) is 0 Å². The van der Waals surface area contributed by atoms with Gasteiger partial charge in [-0.05, 0) is 79.6 Å². The van der Waals surface area contributed by atoms with Gasteiger partial charge in [0.05, 0.1) is 13.2 Å². The second-order valence-electron chi connectivity index (χ2n) is 8.13. The van der Waals surface area contributed by atoms with Crippen molar-refractivity contribution >= 4 is 0 Å². The van der Waals surface area contributed by atoms with Crippen LogP contribution in [0.3, 0.4) is 0 Å². The first-order chi connectivity index (χ1) is 14.3. The summed E-state index contributed by atoms with van der Waals surface area (Å²) in [6.07, 6.45) is 9.12. The monoisotopic (exact) mass is 390 g/mol. The number of rotatable bonds is 8. The van der Waals surface area contributed by atoms with Crippen molar-refractivity contribution < 1.29 is 9.47 Å². The smallest absolute Gasteiger partial charge is 0.119 e. The maximum absolute atomic E-state index is 6.04. The fraction of sp³-hybridized carbons (Fsp3) is 0.481. The van der Waals surface area contributed by atoms with Gasteiger partial charge in [0.25, 0.3) is 0 Å². The van der Waals surface area contributed by atoms with E-state index in [0.717, 1.165) is 48.2 Å². The Hall–Kier alpha value is -2.40. The lowest BCUT2D eigenvalue weighted by molar-refractivity contribution is 0.178. The predicted molar refractivity (Wildman–Crippen MR) is 121 cm³/mol. The first kappa shape index (κ1) is 21.3. The predicted octanol–water partition coefficient (Wildman–Crippen LogP) is 6.86. The zero-order valence-electron chi connectivity index (χ0n) is 18.0. The fourth-order valence-electron chi connectivity index (χ4n) is 3.94. The van der Waals surface area contributed by atoms with Gasteiger partial charge in [-0.25, -0.2) is 0 Å². The molecule has 154 valence electrons. The minimum absolute atomic E-state index is 0.715. The molecule has 0 N–H and O–H groups in total. The second-order valence-corrected chi connectivity index (χ2v) is 8.13. The van der Waals surface area contributed by atoms with Gasteiger partial charge in [-0.2, -0.15) is 0 Å². The highest BCUT2D eigenvalue weighted by Gasteiger charge is 2.20. The molecule has 29 heavy (non-hydrogen) atoms. The van der Waals surface area contributed by atoms with E-state index in [9.17, 15) is 0 Å². The Labute approximate surface area is 176 Å². The van der Waals surface area contributed by atoms with Crippen LogP contribution < -0.4 is 9.47 Å². The minimum atomic E-state index is 0.715. The van der Waals surface area contributed by atoms with Crippen LogP contribution in [0.2, 0.25) is 0 Å². The summed E-state index contributed by atoms with van der Waals surface area (Å²) in [5, 5.41) is 0. The van der Waals surface area contributed by atoms with Crippen molar-refractivity contribution in [2.24, 2.45) is 11.8 Å². The molecule has 0 bridgehead atoms. The van der Waals surface area contributed by atoms with Crippen LogP contribution in [0.5, 0.6) is 11.5 Å². The maximum atomic E-state index is 6.04. The highest BCUT2D eigenvalue weighted by Crippen LogP contribution is 2.31. The summed E-state index contributed by atoms with van der Waals surface area (Å²) in [5.74, 6) is 9.96. The third kappa shape index (κ3) is 7.17. The van der Waals surface area contributed by atoms with Crippen LogP contribution >= 0.6 is 0 Å². The maximum Gasteiger partial charge on any atom is 0.119 e. The van der Waals surface area contributed by atoms with Gasteiger partial charge in [-0.3, -0.25) is 0 Å². The van der Waals surface area contributed by atoms with Gasteiger partial charge >= 0.3 is 0 Å². The van der Waals surface area contributed by atoms with Crippen molar-refractivity contribution in [3.63, 3.8) is 0 Å². The average Bonchev–Trinajstić information content (AvgIpc) is 2.77. The van der Waals surface area contributed by atoms with Crippen LogP contribution in [0.1, 0.15) is 69.9 Å². The van der Waals surface area contributed by atoms with Crippen LogP contribution in [0, 0.1) is 23.7 Å². The average molecular weight is 391 g/mol. The van der Waals surface area contributed by atoms with Crippen LogP contribution in [0.15, 0.2) is 48.5 Å². The van der Waals surface area contributed by atoms with Gasteiger partial charge in [-0.15, -0.1) is 0 Å². The molecule has 0 saturated heterocycles. The van der Waals surface area contributed by atoms with E-state index in [1.165, 1.54) is 38.5 Å². The molecule has 3 rings (SSSR count). The molecule has 0 spiro atoms. The van der Waals surface area contributed by atoms with Gasteiger partial charge in [0.2, 0.25) is 0 Å². The third-order valence-corrected chi connectivity index (χ3v) is 5.68. The van der Waals surface area contributed by atoms with E-state index in [4.69, 9.17) is 9.47 Å². The van der Waals surface area contributed by atoms with Crippen molar-refractivity contribution in [1.29, 1.82) is 0 Å². The summed E-state index contributed by atoms with van der Waals surface area (Å²) in [7, 11) is 0. The van der Waals surface area contributed by atoms with Crippen molar-refractivity contribution in [3.05, 3.63) is 59.7 Å². The Morgan fingerprint density at radius 2 is 1.21 bits per heavy atom. The molecule has 2 aromatic rings. The molecule has 2 aromatic carbocycles. The zero-order chi connectivity index (χ0) is 20.3. The lowest BCUT2D eigenvalue weighted by Gasteiger charge is -2.28. The van der Waals surface area contributed by atoms with E-state index in [2.05, 4.69) is 25.7 Å². The lowest BCUT2D eigenvalue weighted by atomic mass is 9.80. The molecule has 0 unspecified atom stereocenters. The molecule has 0 radical (unpaired) electrons. The summed E-state index contributed by atoms with van der Waals surface area (Å²) < 4.78 is 11.6. The molecular formula is C27H34O2. The number of ether oxygens (including phenoxy) is 2. The summed E-state index contributed by atoms with van der Waals surface area (Å²) in [4.78, 5) is 0. The van der Waals surface area contributed by atoms with E-state index in [-0.39, 0.29) is 0 Å². The molecule has 0 aromatic heterocycles. The second kappa shape index (κ2) is 11.6. The first-order valence-corrected chi connectivity index (χ1v) is 11.2. The van der Waals surface area contributed by atoms with Crippen molar-refractivity contribution in [2.75, 3.05) is 13.2 Å². The first-order valence-electron chi connectivity index (χ1n) is 11.2. The Morgan fingerprint density at radius 1 is 0.690 bits per heavy atom. The molecule has 1 saturated carbocycles. The molecule has 0 atom stereocenters. The van der Waals surface area contributed by atoms with Gasteiger partial charge in [-0.1, -0.05) is 51.4 Å². The standard InChI is InChI=1S/C27H34O2/c1-3-5-22-8-10-25(11-9-22)21-29-27-18-14-24(15-19-27)7-6-23-12-16-26(17-13-23)28-20-4-2/h12-19,22,25H,3-5,8-11,20-21H2,1-2H3/t22-,25-. The summed E-state index contributed by atoms with van der Waals surface area (Å²) in [6.45, 7) is 5.99. The molecule has 2 nitrogen and oxygen atoms in total. The molecule has 1 aliphatic carbocycles. The molecule has 1 fully saturated rings. The van der Waals surface area contributed by atoms with E-state index in [0.29, 0.717) is 5.92 Å². The van der Waals surface area contributed by atoms with E-state index < -0.39 is 0 Å². The fourth-order valence-corrected chi connectivity index (χ4v) is 3.94. The number of hydrogen-bond acceptors (Lipinski definition) is 2. The molecule has 0 heterocycles. The van der Waals surface area contributed by atoms with Crippen LogP contribution in [-0.4, -0.2) is 13.2 Å². The summed E-state index contributed by atoms with van der Waals surface area (Å²) >= 11 is 0. The molecule has 0 aliphatic heterocycles. The van der Waals surface area contributed by atoms with Gasteiger partial charge in [0.1, 0.15) is 11.5 Å². The minimum Gasteiger partial charge on any atom is -0.494 e. The van der Waals surface area contributed by atoms with Crippen molar-refractivity contribution in [3.8, 4) is 23.3 Å². The summed E-state index contributed by atoms with van der Waals surface area (Å²) in [6, 6.07) is 16.1. The van der Waals surface area contributed by atoms with Gasteiger partial charge in [0, 0.05) is 11.1 Å².